The lowest BCUT2D eigenvalue weighted by Gasteiger charge is -2.01. The predicted octanol–water partition coefficient (Wildman–Crippen LogP) is 0.384. The number of aromatic nitrogens is 2. The summed E-state index contributed by atoms with van der Waals surface area (Å²) in [5, 5.41) is 11.6. The normalized spacial score (nSPS) is 10.2. The minimum atomic E-state index is -1.09. The van der Waals surface area contributed by atoms with Crippen molar-refractivity contribution < 1.29 is 14.7 Å². The largest absolute Gasteiger partial charge is 0.477 e. The van der Waals surface area contributed by atoms with Crippen LogP contribution in [0, 0.1) is 6.92 Å². The third kappa shape index (κ3) is 2.83. The van der Waals surface area contributed by atoms with Gasteiger partial charge in [0.15, 0.2) is 0 Å². The SMILES string of the molecule is Cc1cc(NC(=O)c2cc(=O)[nH]c(=O)[nH]2)sc1C(=O)O. The van der Waals surface area contributed by atoms with Crippen LogP contribution in [-0.2, 0) is 0 Å². The van der Waals surface area contributed by atoms with Crippen LogP contribution in [-0.4, -0.2) is 27.0 Å². The summed E-state index contributed by atoms with van der Waals surface area (Å²) in [6.45, 7) is 1.60. The first-order valence-corrected chi connectivity index (χ1v) is 6.17. The van der Waals surface area contributed by atoms with Gasteiger partial charge in [-0.1, -0.05) is 0 Å². The van der Waals surface area contributed by atoms with Crippen LogP contribution >= 0.6 is 11.3 Å². The molecule has 0 radical (unpaired) electrons. The van der Waals surface area contributed by atoms with Gasteiger partial charge in [0, 0.05) is 6.07 Å². The van der Waals surface area contributed by atoms with Gasteiger partial charge in [-0.3, -0.25) is 14.6 Å². The molecule has 0 bridgehead atoms. The second kappa shape index (κ2) is 5.13. The van der Waals surface area contributed by atoms with Gasteiger partial charge in [-0.2, -0.15) is 0 Å². The maximum atomic E-state index is 11.8. The number of rotatable bonds is 3. The van der Waals surface area contributed by atoms with Gasteiger partial charge in [0.05, 0.1) is 5.00 Å². The van der Waals surface area contributed by atoms with Crippen LogP contribution in [0.3, 0.4) is 0 Å². The molecule has 2 aromatic heterocycles. The van der Waals surface area contributed by atoms with Crippen molar-refractivity contribution in [3.63, 3.8) is 0 Å². The summed E-state index contributed by atoms with van der Waals surface area (Å²) in [5.74, 6) is -1.79. The van der Waals surface area contributed by atoms with Crippen molar-refractivity contribution in [3.05, 3.63) is 49.1 Å². The molecule has 2 aromatic rings. The summed E-state index contributed by atoms with van der Waals surface area (Å²) in [7, 11) is 0. The summed E-state index contributed by atoms with van der Waals surface area (Å²) in [4.78, 5) is 49.1. The smallest absolute Gasteiger partial charge is 0.346 e. The number of carbonyl (C=O) groups excluding carboxylic acids is 1. The number of anilines is 1. The van der Waals surface area contributed by atoms with Gasteiger partial charge >= 0.3 is 11.7 Å². The molecule has 104 valence electrons. The van der Waals surface area contributed by atoms with Crippen LogP contribution in [0.4, 0.5) is 5.00 Å². The Bertz CT molecular complexity index is 773. The van der Waals surface area contributed by atoms with Gasteiger partial charge in [-0.05, 0) is 18.6 Å². The second-order valence-electron chi connectivity index (χ2n) is 3.88. The van der Waals surface area contributed by atoms with Crippen molar-refractivity contribution in [1.29, 1.82) is 0 Å². The van der Waals surface area contributed by atoms with Crippen LogP contribution in [0.5, 0.6) is 0 Å². The number of amides is 1. The molecule has 0 saturated carbocycles. The highest BCUT2D eigenvalue weighted by Crippen LogP contribution is 2.26. The Hall–Kier alpha value is -2.68. The number of carboxylic acids is 1. The van der Waals surface area contributed by atoms with Crippen LogP contribution in [0.25, 0.3) is 0 Å². The highest BCUT2D eigenvalue weighted by Gasteiger charge is 2.15. The Morgan fingerprint density at radius 2 is 1.95 bits per heavy atom. The molecule has 2 heterocycles. The molecular formula is C11H9N3O5S. The topological polar surface area (TPSA) is 132 Å². The van der Waals surface area contributed by atoms with Crippen molar-refractivity contribution in [2.45, 2.75) is 6.92 Å². The molecule has 0 aliphatic heterocycles. The van der Waals surface area contributed by atoms with Crippen LogP contribution in [0.1, 0.15) is 25.7 Å². The third-order valence-corrected chi connectivity index (χ3v) is 3.49. The molecule has 0 unspecified atom stereocenters. The minimum Gasteiger partial charge on any atom is -0.477 e. The average Bonchev–Trinajstić information content (AvgIpc) is 2.69. The molecule has 0 aliphatic carbocycles. The lowest BCUT2D eigenvalue weighted by atomic mass is 10.3. The number of carboxylic acid groups (broad SMARTS) is 1. The summed E-state index contributed by atoms with van der Waals surface area (Å²) >= 11 is 0.890. The van der Waals surface area contributed by atoms with E-state index in [1.165, 1.54) is 6.07 Å². The summed E-state index contributed by atoms with van der Waals surface area (Å²) in [6.07, 6.45) is 0. The van der Waals surface area contributed by atoms with Gasteiger partial charge in [-0.25, -0.2) is 9.59 Å². The van der Waals surface area contributed by atoms with E-state index in [0.717, 1.165) is 17.4 Å². The van der Waals surface area contributed by atoms with E-state index in [1.807, 2.05) is 4.98 Å². The van der Waals surface area contributed by atoms with Crippen LogP contribution < -0.4 is 16.6 Å². The van der Waals surface area contributed by atoms with E-state index >= 15 is 0 Å². The third-order valence-electron chi connectivity index (χ3n) is 2.35. The Balaban J connectivity index is 2.28. The van der Waals surface area contributed by atoms with Gasteiger partial charge in [0.25, 0.3) is 11.5 Å². The van der Waals surface area contributed by atoms with Crippen molar-refractivity contribution in [3.8, 4) is 0 Å². The number of thiophene rings is 1. The second-order valence-corrected chi connectivity index (χ2v) is 4.94. The van der Waals surface area contributed by atoms with E-state index in [0.29, 0.717) is 10.6 Å². The van der Waals surface area contributed by atoms with Crippen LogP contribution in [0.2, 0.25) is 0 Å². The van der Waals surface area contributed by atoms with Gasteiger partial charge in [-0.15, -0.1) is 11.3 Å². The standard InChI is InChI=1S/C11H9N3O5S/c1-4-2-7(20-8(4)10(17)18)14-9(16)5-3-6(15)13-11(19)12-5/h2-3H,1H3,(H,14,16)(H,17,18)(H2,12,13,15,19). The summed E-state index contributed by atoms with van der Waals surface area (Å²) in [5.41, 5.74) is -1.19. The first kappa shape index (κ1) is 13.7. The Morgan fingerprint density at radius 3 is 2.50 bits per heavy atom. The monoisotopic (exact) mass is 295 g/mol. The summed E-state index contributed by atoms with van der Waals surface area (Å²) in [6, 6.07) is 2.44. The molecule has 0 aromatic carbocycles. The molecule has 0 aliphatic rings. The van der Waals surface area contributed by atoms with Crippen molar-refractivity contribution in [1.82, 2.24) is 9.97 Å². The number of nitrogens with one attached hydrogen (secondary N) is 3. The van der Waals surface area contributed by atoms with E-state index in [-0.39, 0.29) is 10.6 Å². The number of aromatic carboxylic acids is 1. The lowest BCUT2D eigenvalue weighted by molar-refractivity contribution is 0.0701. The number of aryl methyl sites for hydroxylation is 1. The predicted molar refractivity (Wildman–Crippen MR) is 71.7 cm³/mol. The number of hydrogen-bond donors (Lipinski definition) is 4. The molecule has 20 heavy (non-hydrogen) atoms. The average molecular weight is 295 g/mol. The van der Waals surface area contributed by atoms with E-state index in [9.17, 15) is 19.2 Å². The molecule has 8 nitrogen and oxygen atoms in total. The van der Waals surface area contributed by atoms with Crippen LogP contribution in [0.15, 0.2) is 21.7 Å². The van der Waals surface area contributed by atoms with E-state index in [1.54, 1.807) is 6.92 Å². The molecule has 2 rings (SSSR count). The molecule has 0 spiro atoms. The van der Waals surface area contributed by atoms with E-state index < -0.39 is 23.1 Å². The number of hydrogen-bond acceptors (Lipinski definition) is 5. The number of carbonyl (C=O) groups is 2. The van der Waals surface area contributed by atoms with Crippen molar-refractivity contribution in [2.24, 2.45) is 0 Å². The Labute approximate surface area is 115 Å². The maximum Gasteiger partial charge on any atom is 0.346 e. The molecule has 4 N–H and O–H groups in total. The molecule has 9 heteroatoms. The summed E-state index contributed by atoms with van der Waals surface area (Å²) < 4.78 is 0. The van der Waals surface area contributed by atoms with Gasteiger partial charge in [0.2, 0.25) is 0 Å². The fraction of sp³-hybridized carbons (Fsp3) is 0.0909. The molecule has 0 atom stereocenters. The zero-order chi connectivity index (χ0) is 14.9. The number of aromatic amines is 2. The zero-order valence-corrected chi connectivity index (χ0v) is 11.0. The minimum absolute atomic E-state index is 0.111. The fourth-order valence-corrected chi connectivity index (χ4v) is 2.43. The van der Waals surface area contributed by atoms with Crippen molar-refractivity contribution >= 4 is 28.2 Å². The Morgan fingerprint density at radius 1 is 1.25 bits per heavy atom. The van der Waals surface area contributed by atoms with E-state index in [2.05, 4.69) is 10.3 Å². The highest BCUT2D eigenvalue weighted by atomic mass is 32.1. The Kier molecular flexibility index (Phi) is 3.53. The zero-order valence-electron chi connectivity index (χ0n) is 10.1. The highest BCUT2D eigenvalue weighted by molar-refractivity contribution is 7.18. The molecule has 1 amide bonds. The quantitative estimate of drug-likeness (QED) is 0.650. The first-order chi connectivity index (χ1) is 9.36. The fourth-order valence-electron chi connectivity index (χ4n) is 1.53. The van der Waals surface area contributed by atoms with Gasteiger partial charge in [0.1, 0.15) is 10.6 Å². The lowest BCUT2D eigenvalue weighted by Crippen LogP contribution is -2.27. The maximum absolute atomic E-state index is 11.8. The molecular weight excluding hydrogens is 286 g/mol. The molecule has 0 fully saturated rings. The molecule has 0 saturated heterocycles. The first-order valence-electron chi connectivity index (χ1n) is 5.35. The number of H-pyrrole nitrogens is 2. The van der Waals surface area contributed by atoms with E-state index in [4.69, 9.17) is 5.11 Å². The van der Waals surface area contributed by atoms with Gasteiger partial charge < -0.3 is 15.4 Å². The van der Waals surface area contributed by atoms with Crippen molar-refractivity contribution in [2.75, 3.05) is 5.32 Å².